The Morgan fingerprint density at radius 2 is 1.78 bits per heavy atom. The quantitative estimate of drug-likeness (QED) is 0.756. The highest BCUT2D eigenvalue weighted by molar-refractivity contribution is 7.89. The molecular weight excluding hydrogens is 316 g/mol. The van der Waals surface area contributed by atoms with E-state index in [1.54, 1.807) is 29.6 Å². The maximum Gasteiger partial charge on any atom is 0.246 e. The SMILES string of the molecule is CCCCN1CCN(S(=O)(=O)c2ccc(OC)cc2OC)CC1. The van der Waals surface area contributed by atoms with Crippen LogP contribution in [0.15, 0.2) is 23.1 Å². The molecular formula is C16H26N2O4S. The summed E-state index contributed by atoms with van der Waals surface area (Å²) in [7, 11) is -0.539. The van der Waals surface area contributed by atoms with Crippen LogP contribution in [0.5, 0.6) is 11.5 Å². The smallest absolute Gasteiger partial charge is 0.246 e. The third kappa shape index (κ3) is 4.16. The van der Waals surface area contributed by atoms with Crippen molar-refractivity contribution in [2.45, 2.75) is 24.7 Å². The molecule has 0 saturated carbocycles. The Morgan fingerprint density at radius 3 is 2.35 bits per heavy atom. The van der Waals surface area contributed by atoms with Gasteiger partial charge in [-0.1, -0.05) is 13.3 Å². The first-order chi connectivity index (χ1) is 11.0. The lowest BCUT2D eigenvalue weighted by Crippen LogP contribution is -2.48. The predicted octanol–water partition coefficient (Wildman–Crippen LogP) is 1.81. The monoisotopic (exact) mass is 342 g/mol. The molecule has 1 fully saturated rings. The molecule has 7 heteroatoms. The summed E-state index contributed by atoms with van der Waals surface area (Å²) in [5.74, 6) is 0.892. The molecule has 0 aliphatic carbocycles. The van der Waals surface area contributed by atoms with Gasteiger partial charge in [-0.3, -0.25) is 0 Å². The van der Waals surface area contributed by atoms with Crippen molar-refractivity contribution in [1.82, 2.24) is 9.21 Å². The van der Waals surface area contributed by atoms with Crippen LogP contribution in [-0.2, 0) is 10.0 Å². The van der Waals surface area contributed by atoms with Crippen LogP contribution >= 0.6 is 0 Å². The van der Waals surface area contributed by atoms with Gasteiger partial charge in [-0.25, -0.2) is 8.42 Å². The van der Waals surface area contributed by atoms with Crippen molar-refractivity contribution in [2.24, 2.45) is 0 Å². The van der Waals surface area contributed by atoms with E-state index < -0.39 is 10.0 Å². The van der Waals surface area contributed by atoms with Gasteiger partial charge in [-0.2, -0.15) is 4.31 Å². The average molecular weight is 342 g/mol. The van der Waals surface area contributed by atoms with E-state index in [9.17, 15) is 8.42 Å². The van der Waals surface area contributed by atoms with Crippen LogP contribution in [0.2, 0.25) is 0 Å². The van der Waals surface area contributed by atoms with E-state index in [1.165, 1.54) is 7.11 Å². The lowest BCUT2D eigenvalue weighted by atomic mass is 10.3. The zero-order chi connectivity index (χ0) is 16.9. The number of nitrogens with zero attached hydrogens (tertiary/aromatic N) is 2. The lowest BCUT2D eigenvalue weighted by Gasteiger charge is -2.34. The Morgan fingerprint density at radius 1 is 1.09 bits per heavy atom. The van der Waals surface area contributed by atoms with E-state index in [-0.39, 0.29) is 4.90 Å². The first-order valence-corrected chi connectivity index (χ1v) is 9.41. The van der Waals surface area contributed by atoms with Crippen molar-refractivity contribution in [1.29, 1.82) is 0 Å². The van der Waals surface area contributed by atoms with Gasteiger partial charge < -0.3 is 14.4 Å². The van der Waals surface area contributed by atoms with Gasteiger partial charge in [0.15, 0.2) is 0 Å². The van der Waals surface area contributed by atoms with Crippen molar-refractivity contribution >= 4 is 10.0 Å². The van der Waals surface area contributed by atoms with Gasteiger partial charge in [-0.05, 0) is 25.1 Å². The van der Waals surface area contributed by atoms with E-state index in [1.807, 2.05) is 0 Å². The van der Waals surface area contributed by atoms with Gasteiger partial charge in [0, 0.05) is 32.2 Å². The number of ether oxygens (including phenoxy) is 2. The maximum atomic E-state index is 12.9. The highest BCUT2D eigenvalue weighted by Crippen LogP contribution is 2.31. The highest BCUT2D eigenvalue weighted by atomic mass is 32.2. The fourth-order valence-corrected chi connectivity index (χ4v) is 4.26. The summed E-state index contributed by atoms with van der Waals surface area (Å²) in [5.41, 5.74) is 0. The summed E-state index contributed by atoms with van der Waals surface area (Å²) in [6.07, 6.45) is 2.31. The third-order valence-electron chi connectivity index (χ3n) is 4.15. The van der Waals surface area contributed by atoms with Gasteiger partial charge in [0.05, 0.1) is 14.2 Å². The van der Waals surface area contributed by atoms with Gasteiger partial charge in [0.2, 0.25) is 10.0 Å². The highest BCUT2D eigenvalue weighted by Gasteiger charge is 2.30. The molecule has 1 heterocycles. The predicted molar refractivity (Wildman–Crippen MR) is 89.7 cm³/mol. The number of piperazine rings is 1. The molecule has 0 N–H and O–H groups in total. The molecule has 0 unspecified atom stereocenters. The number of benzene rings is 1. The minimum Gasteiger partial charge on any atom is -0.497 e. The van der Waals surface area contributed by atoms with Crippen molar-refractivity contribution < 1.29 is 17.9 Å². The van der Waals surface area contributed by atoms with Crippen LogP contribution in [0, 0.1) is 0 Å². The topological polar surface area (TPSA) is 59.1 Å². The first-order valence-electron chi connectivity index (χ1n) is 7.97. The number of rotatable bonds is 7. The van der Waals surface area contributed by atoms with Crippen molar-refractivity contribution in [3.8, 4) is 11.5 Å². The zero-order valence-electron chi connectivity index (χ0n) is 14.1. The number of hydrogen-bond acceptors (Lipinski definition) is 5. The molecule has 0 aromatic heterocycles. The molecule has 6 nitrogen and oxygen atoms in total. The number of sulfonamides is 1. The van der Waals surface area contributed by atoms with Crippen molar-refractivity contribution in [2.75, 3.05) is 46.9 Å². The summed E-state index contributed by atoms with van der Waals surface area (Å²) < 4.78 is 37.7. The molecule has 1 aliphatic heterocycles. The summed E-state index contributed by atoms with van der Waals surface area (Å²) in [5, 5.41) is 0. The summed E-state index contributed by atoms with van der Waals surface area (Å²) in [6, 6.07) is 4.80. The number of unbranched alkanes of at least 4 members (excludes halogenated alkanes) is 1. The van der Waals surface area contributed by atoms with Gasteiger partial charge >= 0.3 is 0 Å². The second kappa shape index (κ2) is 7.99. The molecule has 0 spiro atoms. The normalized spacial score (nSPS) is 17.2. The van der Waals surface area contributed by atoms with Crippen LogP contribution in [0.25, 0.3) is 0 Å². The Bertz CT molecular complexity index is 611. The number of hydrogen-bond donors (Lipinski definition) is 0. The largest absolute Gasteiger partial charge is 0.497 e. The molecule has 2 rings (SSSR count). The average Bonchev–Trinajstić information content (AvgIpc) is 2.59. The van der Waals surface area contributed by atoms with Crippen LogP contribution in [-0.4, -0.2) is 64.6 Å². The maximum absolute atomic E-state index is 12.9. The van der Waals surface area contributed by atoms with E-state index in [4.69, 9.17) is 9.47 Å². The molecule has 130 valence electrons. The van der Waals surface area contributed by atoms with Crippen molar-refractivity contribution in [3.63, 3.8) is 0 Å². The summed E-state index contributed by atoms with van der Waals surface area (Å²) in [4.78, 5) is 2.52. The molecule has 0 amide bonds. The number of methoxy groups -OCH3 is 2. The van der Waals surface area contributed by atoms with Crippen molar-refractivity contribution in [3.05, 3.63) is 18.2 Å². The molecule has 1 aromatic rings. The van der Waals surface area contributed by atoms with E-state index in [2.05, 4.69) is 11.8 Å². The molecule has 1 aliphatic rings. The first kappa shape index (κ1) is 18.0. The minimum atomic E-state index is -3.55. The summed E-state index contributed by atoms with van der Waals surface area (Å²) in [6.45, 7) is 5.78. The van der Waals surface area contributed by atoms with Crippen LogP contribution in [0.1, 0.15) is 19.8 Å². The Hall–Kier alpha value is -1.31. The molecule has 23 heavy (non-hydrogen) atoms. The van der Waals surface area contributed by atoms with Crippen LogP contribution in [0.4, 0.5) is 0 Å². The molecule has 0 atom stereocenters. The molecule has 1 saturated heterocycles. The van der Waals surface area contributed by atoms with Crippen LogP contribution in [0.3, 0.4) is 0 Å². The van der Waals surface area contributed by atoms with E-state index >= 15 is 0 Å². The minimum absolute atomic E-state index is 0.197. The Balaban J connectivity index is 2.13. The van der Waals surface area contributed by atoms with Crippen LogP contribution < -0.4 is 9.47 Å². The second-order valence-corrected chi connectivity index (χ2v) is 7.52. The van der Waals surface area contributed by atoms with Gasteiger partial charge in [-0.15, -0.1) is 0 Å². The molecule has 0 radical (unpaired) electrons. The second-order valence-electron chi connectivity index (χ2n) is 5.62. The van der Waals surface area contributed by atoms with Gasteiger partial charge in [0.1, 0.15) is 16.4 Å². The third-order valence-corrected chi connectivity index (χ3v) is 6.09. The Labute approximate surface area is 139 Å². The fraction of sp³-hybridized carbons (Fsp3) is 0.625. The zero-order valence-corrected chi connectivity index (χ0v) is 14.9. The standard InChI is InChI=1S/C16H26N2O4S/c1-4-5-8-17-9-11-18(12-10-17)23(19,20)16-7-6-14(21-2)13-15(16)22-3/h6-7,13H,4-5,8-12H2,1-3H3. The summed E-state index contributed by atoms with van der Waals surface area (Å²) >= 11 is 0. The lowest BCUT2D eigenvalue weighted by molar-refractivity contribution is 0.186. The molecule has 0 bridgehead atoms. The molecule has 1 aromatic carbocycles. The van der Waals surface area contributed by atoms with E-state index in [0.29, 0.717) is 24.6 Å². The fourth-order valence-electron chi connectivity index (χ4n) is 2.70. The van der Waals surface area contributed by atoms with Gasteiger partial charge in [0.25, 0.3) is 0 Å². The van der Waals surface area contributed by atoms with E-state index in [0.717, 1.165) is 32.5 Å². The Kier molecular flexibility index (Phi) is 6.26.